The molecule has 0 unspecified atom stereocenters. The van der Waals surface area contributed by atoms with Crippen molar-refractivity contribution in [3.05, 3.63) is 65.0 Å². The van der Waals surface area contributed by atoms with Gasteiger partial charge in [0, 0.05) is 6.20 Å². The first-order valence-corrected chi connectivity index (χ1v) is 5.51. The van der Waals surface area contributed by atoms with Crippen molar-refractivity contribution in [2.75, 3.05) is 0 Å². The van der Waals surface area contributed by atoms with Gasteiger partial charge in [0.15, 0.2) is 17.5 Å². The first kappa shape index (κ1) is 14.0. The number of hydrogen-bond acceptors (Lipinski definition) is 2. The number of benzene rings is 1. The summed E-state index contributed by atoms with van der Waals surface area (Å²) in [6, 6.07) is 3.95. The van der Waals surface area contributed by atoms with E-state index in [9.17, 15) is 22.4 Å². The summed E-state index contributed by atoms with van der Waals surface area (Å²) in [5, 5.41) is 2.17. The van der Waals surface area contributed by atoms with Gasteiger partial charge >= 0.3 is 0 Å². The average molecular weight is 284 g/mol. The minimum absolute atomic E-state index is 0.0520. The molecule has 20 heavy (non-hydrogen) atoms. The topological polar surface area (TPSA) is 42.0 Å². The van der Waals surface area contributed by atoms with Crippen LogP contribution in [0, 0.1) is 23.3 Å². The molecule has 7 heteroatoms. The lowest BCUT2D eigenvalue weighted by molar-refractivity contribution is 0.0944. The Morgan fingerprint density at radius 2 is 1.80 bits per heavy atom. The molecule has 0 aliphatic rings. The number of halogens is 4. The predicted molar refractivity (Wildman–Crippen MR) is 61.7 cm³/mol. The second-order valence-corrected chi connectivity index (χ2v) is 3.84. The molecule has 0 aliphatic heterocycles. The Balaban J connectivity index is 2.14. The highest BCUT2D eigenvalue weighted by atomic mass is 19.2. The third-order valence-corrected chi connectivity index (χ3v) is 2.53. The fraction of sp³-hybridized carbons (Fsp3) is 0.0769. The number of carbonyl (C=O) groups excluding carboxylic acids is 1. The number of rotatable bonds is 3. The molecule has 2 aromatic rings. The lowest BCUT2D eigenvalue weighted by Crippen LogP contribution is -2.25. The van der Waals surface area contributed by atoms with Crippen LogP contribution in [0.25, 0.3) is 0 Å². The van der Waals surface area contributed by atoms with Gasteiger partial charge in [-0.3, -0.25) is 9.78 Å². The van der Waals surface area contributed by atoms with Gasteiger partial charge in [0.25, 0.3) is 5.91 Å². The maximum absolute atomic E-state index is 13.4. The lowest BCUT2D eigenvalue weighted by atomic mass is 10.2. The highest BCUT2D eigenvalue weighted by molar-refractivity contribution is 5.94. The first-order valence-electron chi connectivity index (χ1n) is 5.51. The number of carbonyl (C=O) groups is 1. The van der Waals surface area contributed by atoms with Crippen molar-refractivity contribution in [2.24, 2.45) is 0 Å². The summed E-state index contributed by atoms with van der Waals surface area (Å²) < 4.78 is 52.3. The lowest BCUT2D eigenvalue weighted by Gasteiger charge is -2.07. The highest BCUT2D eigenvalue weighted by Gasteiger charge is 2.18. The molecule has 3 nitrogen and oxygen atoms in total. The molecule has 0 radical (unpaired) electrons. The van der Waals surface area contributed by atoms with Crippen LogP contribution in [0.3, 0.4) is 0 Å². The molecule has 0 atom stereocenters. The Hall–Kier alpha value is -2.44. The summed E-state index contributed by atoms with van der Waals surface area (Å²) in [6.45, 7) is -0.302. The van der Waals surface area contributed by atoms with Gasteiger partial charge in [-0.1, -0.05) is 0 Å². The van der Waals surface area contributed by atoms with Gasteiger partial charge in [0.05, 0.1) is 17.8 Å². The van der Waals surface area contributed by atoms with Crippen LogP contribution < -0.4 is 5.32 Å². The van der Waals surface area contributed by atoms with Gasteiger partial charge in [0.1, 0.15) is 5.82 Å². The predicted octanol–water partition coefficient (Wildman–Crippen LogP) is 2.57. The van der Waals surface area contributed by atoms with Crippen molar-refractivity contribution in [1.29, 1.82) is 0 Å². The van der Waals surface area contributed by atoms with E-state index in [1.54, 1.807) is 0 Å². The third-order valence-electron chi connectivity index (χ3n) is 2.53. The SMILES string of the molecule is O=C(NCc1ncccc1F)c1ccc(F)c(F)c1F. The van der Waals surface area contributed by atoms with Gasteiger partial charge in [-0.25, -0.2) is 17.6 Å². The summed E-state index contributed by atoms with van der Waals surface area (Å²) in [5.74, 6) is -6.36. The van der Waals surface area contributed by atoms with Crippen molar-refractivity contribution < 1.29 is 22.4 Å². The first-order chi connectivity index (χ1) is 9.50. The molecule has 1 N–H and O–H groups in total. The molecule has 0 bridgehead atoms. The van der Waals surface area contributed by atoms with E-state index >= 15 is 0 Å². The largest absolute Gasteiger partial charge is 0.346 e. The Bertz CT molecular complexity index is 661. The zero-order chi connectivity index (χ0) is 14.7. The summed E-state index contributed by atoms with van der Waals surface area (Å²) in [4.78, 5) is 15.3. The Morgan fingerprint density at radius 1 is 1.05 bits per heavy atom. The van der Waals surface area contributed by atoms with Crippen molar-refractivity contribution in [3.63, 3.8) is 0 Å². The molecule has 104 valence electrons. The minimum Gasteiger partial charge on any atom is -0.346 e. The summed E-state index contributed by atoms with van der Waals surface area (Å²) in [7, 11) is 0. The molecule has 0 fully saturated rings. The van der Waals surface area contributed by atoms with Gasteiger partial charge in [0.2, 0.25) is 0 Å². The van der Waals surface area contributed by atoms with Crippen LogP contribution in [0.5, 0.6) is 0 Å². The van der Waals surface area contributed by atoms with Crippen LogP contribution in [-0.4, -0.2) is 10.9 Å². The van der Waals surface area contributed by atoms with Crippen molar-refractivity contribution in [2.45, 2.75) is 6.54 Å². The molecule has 1 heterocycles. The monoisotopic (exact) mass is 284 g/mol. The smallest absolute Gasteiger partial charge is 0.254 e. The Kier molecular flexibility index (Phi) is 3.97. The van der Waals surface area contributed by atoms with Gasteiger partial charge < -0.3 is 5.32 Å². The number of pyridine rings is 1. The average Bonchev–Trinajstić information content (AvgIpc) is 2.44. The zero-order valence-electron chi connectivity index (χ0n) is 9.96. The van der Waals surface area contributed by atoms with E-state index in [4.69, 9.17) is 0 Å². The fourth-order valence-electron chi connectivity index (χ4n) is 1.51. The van der Waals surface area contributed by atoms with Gasteiger partial charge in [-0.15, -0.1) is 0 Å². The molecule has 0 saturated heterocycles. The van der Waals surface area contributed by atoms with Gasteiger partial charge in [-0.05, 0) is 24.3 Å². The molecular weight excluding hydrogens is 276 g/mol. The van der Waals surface area contributed by atoms with Crippen molar-refractivity contribution in [3.8, 4) is 0 Å². The summed E-state index contributed by atoms with van der Waals surface area (Å²) in [6.07, 6.45) is 1.32. The van der Waals surface area contributed by atoms with Crippen molar-refractivity contribution in [1.82, 2.24) is 10.3 Å². The molecule has 1 aromatic heterocycles. The molecule has 0 aliphatic carbocycles. The van der Waals surface area contributed by atoms with E-state index in [2.05, 4.69) is 10.3 Å². The van der Waals surface area contributed by atoms with Crippen LogP contribution in [0.4, 0.5) is 17.6 Å². The molecule has 2 rings (SSSR count). The van der Waals surface area contributed by atoms with Crippen LogP contribution in [-0.2, 0) is 6.54 Å². The maximum Gasteiger partial charge on any atom is 0.254 e. The van der Waals surface area contributed by atoms with E-state index in [0.29, 0.717) is 6.07 Å². The number of aromatic nitrogens is 1. The van der Waals surface area contributed by atoms with E-state index in [0.717, 1.165) is 12.1 Å². The molecule has 1 amide bonds. The fourth-order valence-corrected chi connectivity index (χ4v) is 1.51. The molecular formula is C13H8F4N2O. The van der Waals surface area contributed by atoms with E-state index < -0.39 is 34.7 Å². The number of nitrogens with zero attached hydrogens (tertiary/aromatic N) is 1. The minimum atomic E-state index is -1.73. The van der Waals surface area contributed by atoms with Crippen LogP contribution in [0.2, 0.25) is 0 Å². The Morgan fingerprint density at radius 3 is 2.50 bits per heavy atom. The number of hydrogen-bond donors (Lipinski definition) is 1. The highest BCUT2D eigenvalue weighted by Crippen LogP contribution is 2.15. The van der Waals surface area contributed by atoms with Crippen molar-refractivity contribution >= 4 is 5.91 Å². The summed E-state index contributed by atoms with van der Waals surface area (Å²) >= 11 is 0. The van der Waals surface area contributed by atoms with Crippen LogP contribution in [0.1, 0.15) is 16.1 Å². The van der Waals surface area contributed by atoms with Gasteiger partial charge in [-0.2, -0.15) is 0 Å². The summed E-state index contributed by atoms with van der Waals surface area (Å²) in [5.41, 5.74) is -0.718. The molecule has 0 spiro atoms. The number of amides is 1. The number of nitrogens with one attached hydrogen (secondary N) is 1. The van der Waals surface area contributed by atoms with E-state index in [1.807, 2.05) is 0 Å². The quantitative estimate of drug-likeness (QED) is 0.695. The zero-order valence-corrected chi connectivity index (χ0v) is 9.96. The second-order valence-electron chi connectivity index (χ2n) is 3.84. The second kappa shape index (κ2) is 5.68. The standard InChI is InChI=1S/C13H8F4N2O/c14-8-2-1-5-18-10(8)6-19-13(20)7-3-4-9(15)12(17)11(7)16/h1-5H,6H2,(H,19,20). The molecule has 0 saturated carbocycles. The van der Waals surface area contributed by atoms with E-state index in [-0.39, 0.29) is 12.2 Å². The van der Waals surface area contributed by atoms with Crippen LogP contribution in [0.15, 0.2) is 30.5 Å². The maximum atomic E-state index is 13.4. The van der Waals surface area contributed by atoms with Crippen LogP contribution >= 0.6 is 0 Å². The Labute approximate surface area is 111 Å². The third kappa shape index (κ3) is 2.76. The molecule has 1 aromatic carbocycles. The van der Waals surface area contributed by atoms with E-state index in [1.165, 1.54) is 12.3 Å². The normalized spacial score (nSPS) is 10.4.